The summed E-state index contributed by atoms with van der Waals surface area (Å²) in [5.41, 5.74) is -0.675. The van der Waals surface area contributed by atoms with Crippen molar-refractivity contribution in [2.75, 3.05) is 0 Å². The van der Waals surface area contributed by atoms with E-state index in [0.29, 0.717) is 0 Å². The molecular formula is C8H6F3N3. The lowest BCUT2D eigenvalue weighted by atomic mass is 10.3. The van der Waals surface area contributed by atoms with Gasteiger partial charge in [-0.2, -0.15) is 13.2 Å². The number of aryl methyl sites for hydroxylation is 1. The minimum absolute atomic E-state index is 0.00287. The molecular weight excluding hydrogens is 195 g/mol. The minimum atomic E-state index is -4.44. The van der Waals surface area contributed by atoms with Crippen LogP contribution in [0.4, 0.5) is 13.2 Å². The third-order valence-corrected chi connectivity index (χ3v) is 1.80. The summed E-state index contributed by atoms with van der Waals surface area (Å²) in [6.07, 6.45) is -3.03. The molecule has 0 aliphatic heterocycles. The Labute approximate surface area is 77.0 Å². The molecule has 6 heteroatoms. The third kappa shape index (κ3) is 1.32. The fourth-order valence-corrected chi connectivity index (χ4v) is 1.27. The van der Waals surface area contributed by atoms with Gasteiger partial charge in [-0.1, -0.05) is 0 Å². The van der Waals surface area contributed by atoms with Gasteiger partial charge in [0.1, 0.15) is 11.5 Å². The van der Waals surface area contributed by atoms with Crippen LogP contribution < -0.4 is 0 Å². The van der Waals surface area contributed by atoms with Gasteiger partial charge in [-0.15, -0.1) is 0 Å². The predicted octanol–water partition coefficient (Wildman–Crippen LogP) is 2.29. The quantitative estimate of drug-likeness (QED) is 0.710. The van der Waals surface area contributed by atoms with Crippen molar-refractivity contribution < 1.29 is 13.2 Å². The van der Waals surface area contributed by atoms with Crippen LogP contribution in [0.25, 0.3) is 11.0 Å². The maximum atomic E-state index is 12.5. The summed E-state index contributed by atoms with van der Waals surface area (Å²) in [5.74, 6) is 0.104. The smallest absolute Gasteiger partial charge is 0.346 e. The molecule has 0 saturated carbocycles. The SMILES string of the molecule is Cc1nc(C(F)(F)F)c2cc[nH]c2n1. The molecule has 3 nitrogen and oxygen atoms in total. The van der Waals surface area contributed by atoms with Crippen LogP contribution in [0.1, 0.15) is 11.5 Å². The van der Waals surface area contributed by atoms with Crippen LogP contribution in [-0.4, -0.2) is 15.0 Å². The number of aromatic amines is 1. The first-order valence-electron chi connectivity index (χ1n) is 3.87. The van der Waals surface area contributed by atoms with Gasteiger partial charge in [0.2, 0.25) is 0 Å². The van der Waals surface area contributed by atoms with E-state index in [4.69, 9.17) is 0 Å². The second-order valence-corrected chi connectivity index (χ2v) is 2.86. The van der Waals surface area contributed by atoms with E-state index in [9.17, 15) is 13.2 Å². The van der Waals surface area contributed by atoms with Crippen molar-refractivity contribution in [2.45, 2.75) is 13.1 Å². The van der Waals surface area contributed by atoms with E-state index >= 15 is 0 Å². The lowest BCUT2D eigenvalue weighted by Gasteiger charge is -2.06. The highest BCUT2D eigenvalue weighted by Crippen LogP contribution is 2.32. The first-order chi connectivity index (χ1) is 6.48. The lowest BCUT2D eigenvalue weighted by Crippen LogP contribution is -2.10. The van der Waals surface area contributed by atoms with Gasteiger partial charge in [0.25, 0.3) is 0 Å². The van der Waals surface area contributed by atoms with Crippen LogP contribution in [0, 0.1) is 6.92 Å². The Morgan fingerprint density at radius 2 is 2.00 bits per heavy atom. The van der Waals surface area contributed by atoms with Crippen molar-refractivity contribution in [3.05, 3.63) is 23.8 Å². The van der Waals surface area contributed by atoms with E-state index in [1.165, 1.54) is 19.2 Å². The van der Waals surface area contributed by atoms with Gasteiger partial charge >= 0.3 is 6.18 Å². The summed E-state index contributed by atoms with van der Waals surface area (Å²) in [6, 6.07) is 1.32. The fourth-order valence-electron chi connectivity index (χ4n) is 1.27. The molecule has 0 radical (unpaired) electrons. The molecule has 0 amide bonds. The normalized spacial score (nSPS) is 12.3. The van der Waals surface area contributed by atoms with Crippen LogP contribution in [-0.2, 0) is 6.18 Å². The highest BCUT2D eigenvalue weighted by Gasteiger charge is 2.35. The molecule has 1 N–H and O–H groups in total. The zero-order valence-electron chi connectivity index (χ0n) is 7.18. The Balaban J connectivity index is 2.80. The fraction of sp³-hybridized carbons (Fsp3) is 0.250. The van der Waals surface area contributed by atoms with Crippen molar-refractivity contribution in [3.8, 4) is 0 Å². The molecule has 2 aromatic heterocycles. The number of rotatable bonds is 0. The third-order valence-electron chi connectivity index (χ3n) is 1.80. The summed E-state index contributed by atoms with van der Waals surface area (Å²) < 4.78 is 37.4. The van der Waals surface area contributed by atoms with Crippen molar-refractivity contribution in [1.29, 1.82) is 0 Å². The summed E-state index contributed by atoms with van der Waals surface area (Å²) in [5, 5.41) is 0.00287. The number of nitrogens with one attached hydrogen (secondary N) is 1. The van der Waals surface area contributed by atoms with E-state index < -0.39 is 11.9 Å². The summed E-state index contributed by atoms with van der Waals surface area (Å²) in [7, 11) is 0. The number of hydrogen-bond donors (Lipinski definition) is 1. The van der Waals surface area contributed by atoms with Crippen LogP contribution in [0.5, 0.6) is 0 Å². The number of hydrogen-bond acceptors (Lipinski definition) is 2. The number of nitrogens with zero attached hydrogens (tertiary/aromatic N) is 2. The standard InChI is InChI=1S/C8H6F3N3/c1-4-13-6(8(9,10)11)5-2-3-12-7(5)14-4/h2-3H,1H3,(H,12,13,14). The average molecular weight is 201 g/mol. The molecule has 74 valence electrons. The Hall–Kier alpha value is -1.59. The number of alkyl halides is 3. The average Bonchev–Trinajstić information content (AvgIpc) is 2.47. The largest absolute Gasteiger partial charge is 0.434 e. The van der Waals surface area contributed by atoms with Crippen LogP contribution in [0.3, 0.4) is 0 Å². The van der Waals surface area contributed by atoms with E-state index in [0.717, 1.165) is 0 Å². The molecule has 0 aliphatic rings. The zero-order valence-corrected chi connectivity index (χ0v) is 7.18. The number of aromatic nitrogens is 3. The van der Waals surface area contributed by atoms with Crippen LogP contribution in [0.15, 0.2) is 12.3 Å². The van der Waals surface area contributed by atoms with Crippen molar-refractivity contribution in [2.24, 2.45) is 0 Å². The van der Waals surface area contributed by atoms with Gasteiger partial charge in [-0.05, 0) is 13.0 Å². The van der Waals surface area contributed by atoms with Crippen LogP contribution >= 0.6 is 0 Å². The number of fused-ring (bicyclic) bond motifs is 1. The molecule has 2 aromatic rings. The molecule has 0 spiro atoms. The van der Waals surface area contributed by atoms with E-state index in [2.05, 4.69) is 15.0 Å². The molecule has 0 fully saturated rings. The van der Waals surface area contributed by atoms with Gasteiger partial charge in [0, 0.05) is 11.6 Å². The van der Waals surface area contributed by atoms with Gasteiger partial charge in [-0.3, -0.25) is 0 Å². The maximum Gasteiger partial charge on any atom is 0.434 e. The highest BCUT2D eigenvalue weighted by atomic mass is 19.4. The van der Waals surface area contributed by atoms with Crippen molar-refractivity contribution >= 4 is 11.0 Å². The van der Waals surface area contributed by atoms with Crippen LogP contribution in [0.2, 0.25) is 0 Å². The molecule has 0 saturated heterocycles. The Bertz CT molecular complexity index is 472. The molecule has 14 heavy (non-hydrogen) atoms. The van der Waals surface area contributed by atoms with Crippen molar-refractivity contribution in [3.63, 3.8) is 0 Å². The van der Waals surface area contributed by atoms with E-state index in [1.54, 1.807) is 0 Å². The number of halogens is 3. The Morgan fingerprint density at radius 1 is 1.29 bits per heavy atom. The van der Waals surface area contributed by atoms with E-state index in [1.807, 2.05) is 0 Å². The second-order valence-electron chi connectivity index (χ2n) is 2.86. The monoisotopic (exact) mass is 201 g/mol. The Morgan fingerprint density at radius 3 is 2.64 bits per heavy atom. The molecule has 0 atom stereocenters. The molecule has 0 aromatic carbocycles. The van der Waals surface area contributed by atoms with E-state index in [-0.39, 0.29) is 16.9 Å². The summed E-state index contributed by atoms with van der Waals surface area (Å²) in [4.78, 5) is 9.85. The summed E-state index contributed by atoms with van der Waals surface area (Å²) >= 11 is 0. The lowest BCUT2D eigenvalue weighted by molar-refractivity contribution is -0.139. The highest BCUT2D eigenvalue weighted by molar-refractivity contribution is 5.78. The topological polar surface area (TPSA) is 41.6 Å². The molecule has 0 bridgehead atoms. The second kappa shape index (κ2) is 2.70. The number of H-pyrrole nitrogens is 1. The maximum absolute atomic E-state index is 12.5. The predicted molar refractivity (Wildman–Crippen MR) is 43.6 cm³/mol. The first kappa shape index (κ1) is 8.98. The van der Waals surface area contributed by atoms with Gasteiger partial charge in [0.05, 0.1) is 0 Å². The zero-order chi connectivity index (χ0) is 10.3. The minimum Gasteiger partial charge on any atom is -0.346 e. The Kier molecular flexibility index (Phi) is 1.73. The molecule has 0 aliphatic carbocycles. The molecule has 2 rings (SSSR count). The first-order valence-corrected chi connectivity index (χ1v) is 3.87. The summed E-state index contributed by atoms with van der Waals surface area (Å²) in [6.45, 7) is 1.43. The van der Waals surface area contributed by atoms with Gasteiger partial charge in [0.15, 0.2) is 5.69 Å². The van der Waals surface area contributed by atoms with Crippen molar-refractivity contribution in [1.82, 2.24) is 15.0 Å². The molecule has 0 unspecified atom stereocenters. The van der Waals surface area contributed by atoms with Gasteiger partial charge in [-0.25, -0.2) is 9.97 Å². The van der Waals surface area contributed by atoms with Gasteiger partial charge < -0.3 is 4.98 Å². The molecule has 2 heterocycles.